The summed E-state index contributed by atoms with van der Waals surface area (Å²) in [5.74, 6) is 0.148. The van der Waals surface area contributed by atoms with Crippen molar-refractivity contribution in [3.8, 4) is 0 Å². The molecule has 2 aliphatic rings. The Bertz CT molecular complexity index is 268. The Morgan fingerprint density at radius 1 is 1.17 bits per heavy atom. The minimum absolute atomic E-state index is 0.148. The van der Waals surface area contributed by atoms with Gasteiger partial charge in [0.05, 0.1) is 6.04 Å². The van der Waals surface area contributed by atoms with Crippen LogP contribution in [0, 0.1) is 0 Å². The van der Waals surface area contributed by atoms with Gasteiger partial charge in [-0.3, -0.25) is 4.79 Å². The molecule has 0 saturated carbocycles. The highest BCUT2D eigenvalue weighted by Gasteiger charge is 2.28. The molecule has 104 valence electrons. The van der Waals surface area contributed by atoms with E-state index < -0.39 is 0 Å². The molecule has 1 amide bonds. The van der Waals surface area contributed by atoms with Gasteiger partial charge in [0.1, 0.15) is 0 Å². The highest BCUT2D eigenvalue weighted by Crippen LogP contribution is 2.21. The van der Waals surface area contributed by atoms with Gasteiger partial charge in [-0.2, -0.15) is 0 Å². The van der Waals surface area contributed by atoms with Crippen molar-refractivity contribution in [3.63, 3.8) is 0 Å². The van der Waals surface area contributed by atoms with E-state index in [2.05, 4.69) is 4.90 Å². The van der Waals surface area contributed by atoms with Gasteiger partial charge in [-0.1, -0.05) is 13.3 Å². The maximum Gasteiger partial charge on any atom is 0.239 e. The lowest BCUT2D eigenvalue weighted by molar-refractivity contribution is -0.134. The van der Waals surface area contributed by atoms with Crippen LogP contribution in [0.25, 0.3) is 0 Å². The van der Waals surface area contributed by atoms with E-state index >= 15 is 0 Å². The minimum atomic E-state index is -0.295. The van der Waals surface area contributed by atoms with E-state index in [4.69, 9.17) is 5.73 Å². The molecule has 1 atom stereocenters. The number of hydrogen-bond acceptors (Lipinski definition) is 3. The van der Waals surface area contributed by atoms with Gasteiger partial charge in [0.25, 0.3) is 0 Å². The third kappa shape index (κ3) is 3.23. The van der Waals surface area contributed by atoms with Gasteiger partial charge >= 0.3 is 0 Å². The van der Waals surface area contributed by atoms with Crippen LogP contribution < -0.4 is 5.73 Å². The van der Waals surface area contributed by atoms with Crippen molar-refractivity contribution in [2.24, 2.45) is 5.73 Å². The number of amides is 1. The van der Waals surface area contributed by atoms with Crippen molar-refractivity contribution >= 4 is 5.91 Å². The van der Waals surface area contributed by atoms with Crippen LogP contribution in [0.15, 0.2) is 0 Å². The molecule has 2 rings (SSSR count). The first-order valence-corrected chi connectivity index (χ1v) is 7.50. The number of likely N-dealkylation sites (tertiary alicyclic amines) is 2. The van der Waals surface area contributed by atoms with Gasteiger partial charge in [-0.05, 0) is 45.2 Å². The highest BCUT2D eigenvalue weighted by molar-refractivity contribution is 5.81. The Kier molecular flexibility index (Phi) is 5.01. The molecule has 2 saturated heterocycles. The molecule has 0 unspecified atom stereocenters. The van der Waals surface area contributed by atoms with Crippen LogP contribution in [0.3, 0.4) is 0 Å². The molecular weight excluding hydrogens is 226 g/mol. The van der Waals surface area contributed by atoms with Gasteiger partial charge in [0, 0.05) is 19.1 Å². The van der Waals surface area contributed by atoms with Gasteiger partial charge in [0.15, 0.2) is 0 Å². The molecular formula is C14H27N3O. The summed E-state index contributed by atoms with van der Waals surface area (Å²) in [6, 6.07) is 0.406. The normalized spacial score (nSPS) is 25.1. The predicted molar refractivity (Wildman–Crippen MR) is 73.3 cm³/mol. The third-order valence-electron chi connectivity index (χ3n) is 4.44. The number of piperidine rings is 2. The van der Waals surface area contributed by atoms with E-state index in [9.17, 15) is 4.79 Å². The lowest BCUT2D eigenvalue weighted by atomic mass is 9.99. The molecule has 2 N–H and O–H groups in total. The molecule has 0 radical (unpaired) electrons. The quantitative estimate of drug-likeness (QED) is 0.822. The molecule has 2 fully saturated rings. The lowest BCUT2D eigenvalue weighted by Gasteiger charge is -2.40. The van der Waals surface area contributed by atoms with Crippen LogP contribution in [-0.2, 0) is 4.79 Å². The van der Waals surface area contributed by atoms with Crippen LogP contribution in [-0.4, -0.2) is 54.0 Å². The van der Waals surface area contributed by atoms with Crippen LogP contribution in [0.1, 0.15) is 45.4 Å². The monoisotopic (exact) mass is 253 g/mol. The summed E-state index contributed by atoms with van der Waals surface area (Å²) in [7, 11) is 0. The van der Waals surface area contributed by atoms with E-state index in [0.29, 0.717) is 6.04 Å². The SMILES string of the molecule is CC[C@@H](N)C(=O)N1CCC(N2CCCCC2)CC1. The summed E-state index contributed by atoms with van der Waals surface area (Å²) in [6.45, 7) is 6.28. The smallest absolute Gasteiger partial charge is 0.239 e. The van der Waals surface area contributed by atoms with E-state index in [1.165, 1.54) is 32.4 Å². The second kappa shape index (κ2) is 6.53. The number of carbonyl (C=O) groups is 1. The molecule has 4 nitrogen and oxygen atoms in total. The summed E-state index contributed by atoms with van der Waals surface area (Å²) < 4.78 is 0. The Labute approximate surface area is 110 Å². The topological polar surface area (TPSA) is 49.6 Å². The number of hydrogen-bond donors (Lipinski definition) is 1. The second-order valence-corrected chi connectivity index (χ2v) is 5.67. The molecule has 2 aliphatic heterocycles. The zero-order valence-corrected chi connectivity index (χ0v) is 11.6. The van der Waals surface area contributed by atoms with Gasteiger partial charge in [-0.15, -0.1) is 0 Å². The van der Waals surface area contributed by atoms with Crippen molar-refractivity contribution < 1.29 is 4.79 Å². The number of rotatable bonds is 3. The van der Waals surface area contributed by atoms with Crippen molar-refractivity contribution in [2.75, 3.05) is 26.2 Å². The van der Waals surface area contributed by atoms with E-state index in [-0.39, 0.29) is 11.9 Å². The molecule has 4 heteroatoms. The van der Waals surface area contributed by atoms with Gasteiger partial charge in [0.2, 0.25) is 5.91 Å². The van der Waals surface area contributed by atoms with Gasteiger partial charge in [-0.25, -0.2) is 0 Å². The lowest BCUT2D eigenvalue weighted by Crippen LogP contribution is -2.51. The molecule has 2 heterocycles. The zero-order valence-electron chi connectivity index (χ0n) is 11.6. The molecule has 0 bridgehead atoms. The number of nitrogens with zero attached hydrogens (tertiary/aromatic N) is 2. The van der Waals surface area contributed by atoms with Crippen molar-refractivity contribution in [1.29, 1.82) is 0 Å². The highest BCUT2D eigenvalue weighted by atomic mass is 16.2. The summed E-state index contributed by atoms with van der Waals surface area (Å²) in [4.78, 5) is 16.6. The molecule has 18 heavy (non-hydrogen) atoms. The average molecular weight is 253 g/mol. The Morgan fingerprint density at radius 3 is 2.33 bits per heavy atom. The average Bonchev–Trinajstić information content (AvgIpc) is 2.47. The fraction of sp³-hybridized carbons (Fsp3) is 0.929. The van der Waals surface area contributed by atoms with Gasteiger partial charge < -0.3 is 15.5 Å². The first kappa shape index (κ1) is 13.8. The standard InChI is InChI=1S/C14H27N3O/c1-2-13(15)14(18)17-10-6-12(7-11-17)16-8-4-3-5-9-16/h12-13H,2-11,15H2,1H3/t13-/m1/s1. The molecule has 0 aromatic carbocycles. The summed E-state index contributed by atoms with van der Waals surface area (Å²) in [5.41, 5.74) is 5.82. The Hall–Kier alpha value is -0.610. The number of nitrogens with two attached hydrogens (primary N) is 1. The third-order valence-corrected chi connectivity index (χ3v) is 4.44. The largest absolute Gasteiger partial charge is 0.341 e. The molecule has 0 aromatic heterocycles. The van der Waals surface area contributed by atoms with E-state index in [0.717, 1.165) is 32.4 Å². The fourth-order valence-corrected chi connectivity index (χ4v) is 3.14. The fourth-order valence-electron chi connectivity index (χ4n) is 3.14. The van der Waals surface area contributed by atoms with E-state index in [1.807, 2.05) is 11.8 Å². The van der Waals surface area contributed by atoms with Crippen LogP contribution >= 0.6 is 0 Å². The zero-order chi connectivity index (χ0) is 13.0. The number of carbonyl (C=O) groups excluding carboxylic acids is 1. The molecule has 0 aromatic rings. The van der Waals surface area contributed by atoms with Crippen molar-refractivity contribution in [3.05, 3.63) is 0 Å². The van der Waals surface area contributed by atoms with Crippen LogP contribution in [0.2, 0.25) is 0 Å². The van der Waals surface area contributed by atoms with Crippen molar-refractivity contribution in [1.82, 2.24) is 9.80 Å². The summed E-state index contributed by atoms with van der Waals surface area (Å²) in [5, 5.41) is 0. The van der Waals surface area contributed by atoms with Crippen LogP contribution in [0.5, 0.6) is 0 Å². The second-order valence-electron chi connectivity index (χ2n) is 5.67. The van der Waals surface area contributed by atoms with Crippen LogP contribution in [0.4, 0.5) is 0 Å². The van der Waals surface area contributed by atoms with E-state index in [1.54, 1.807) is 0 Å². The minimum Gasteiger partial charge on any atom is -0.341 e. The van der Waals surface area contributed by atoms with Crippen molar-refractivity contribution in [2.45, 2.75) is 57.5 Å². The Morgan fingerprint density at radius 2 is 1.78 bits per heavy atom. The summed E-state index contributed by atoms with van der Waals surface area (Å²) >= 11 is 0. The first-order chi connectivity index (χ1) is 8.72. The predicted octanol–water partition coefficient (Wildman–Crippen LogP) is 1.20. The first-order valence-electron chi connectivity index (χ1n) is 7.50. The maximum atomic E-state index is 12.0. The maximum absolute atomic E-state index is 12.0. The molecule has 0 aliphatic carbocycles. The molecule has 0 spiro atoms. The summed E-state index contributed by atoms with van der Waals surface area (Å²) in [6.07, 6.45) is 7.08. The Balaban J connectivity index is 1.78.